The van der Waals surface area contributed by atoms with Crippen LogP contribution in [0.2, 0.25) is 0 Å². The molecule has 142 valence electrons. The van der Waals surface area contributed by atoms with E-state index in [0.717, 1.165) is 37.7 Å². The van der Waals surface area contributed by atoms with Crippen molar-refractivity contribution in [3.05, 3.63) is 46.6 Å². The predicted molar refractivity (Wildman–Crippen MR) is 106 cm³/mol. The monoisotopic (exact) mass is 357 g/mol. The minimum atomic E-state index is -0.654. The van der Waals surface area contributed by atoms with Crippen molar-refractivity contribution in [1.82, 2.24) is 0 Å². The molecule has 2 atom stereocenters. The highest BCUT2D eigenvalue weighted by Gasteiger charge is 2.32. The molecule has 26 heavy (non-hydrogen) atoms. The van der Waals surface area contributed by atoms with E-state index in [1.54, 1.807) is 6.07 Å². The van der Waals surface area contributed by atoms with E-state index in [4.69, 9.17) is 5.73 Å². The van der Waals surface area contributed by atoms with E-state index >= 15 is 0 Å². The highest BCUT2D eigenvalue weighted by atomic mass is 16.3. The van der Waals surface area contributed by atoms with Gasteiger partial charge < -0.3 is 15.9 Å². The lowest BCUT2D eigenvalue weighted by atomic mass is 9.73. The molecule has 0 spiro atoms. The molecule has 4 heteroatoms. The second-order valence-corrected chi connectivity index (χ2v) is 7.54. The fourth-order valence-corrected chi connectivity index (χ4v) is 4.00. The van der Waals surface area contributed by atoms with Crippen molar-refractivity contribution in [1.29, 1.82) is 0 Å². The summed E-state index contributed by atoms with van der Waals surface area (Å²) in [7, 11) is 0. The number of aryl methyl sites for hydroxylation is 1. The quantitative estimate of drug-likeness (QED) is 0.477. The highest BCUT2D eigenvalue weighted by molar-refractivity contribution is 5.98. The zero-order valence-corrected chi connectivity index (χ0v) is 16.1. The molecule has 0 radical (unpaired) electrons. The Bertz CT molecular complexity index is 733. The van der Waals surface area contributed by atoms with E-state index in [2.05, 4.69) is 19.6 Å². The molecule has 4 nitrogen and oxygen atoms in total. The molecular weight excluding hydrogens is 326 g/mol. The second kappa shape index (κ2) is 8.43. The molecule has 1 aromatic rings. The maximum absolute atomic E-state index is 12.0. The molecular formula is C22H31NO3. The summed E-state index contributed by atoms with van der Waals surface area (Å²) in [5, 5.41) is 21.6. The number of phenols is 2. The van der Waals surface area contributed by atoms with Crippen molar-refractivity contribution >= 4 is 5.91 Å². The topological polar surface area (TPSA) is 83.5 Å². The number of nitrogens with two attached hydrogens (primary N) is 1. The Hall–Kier alpha value is -2.23. The van der Waals surface area contributed by atoms with Crippen molar-refractivity contribution in [3.8, 4) is 11.5 Å². The van der Waals surface area contributed by atoms with Crippen LogP contribution in [0.3, 0.4) is 0 Å². The normalized spacial score (nSPS) is 19.9. The molecule has 1 aromatic carbocycles. The third-order valence-electron chi connectivity index (χ3n) is 5.41. The Balaban J connectivity index is 2.58. The van der Waals surface area contributed by atoms with Crippen molar-refractivity contribution in [2.45, 2.75) is 65.2 Å². The fourth-order valence-electron chi connectivity index (χ4n) is 4.00. The van der Waals surface area contributed by atoms with Crippen LogP contribution in [0.25, 0.3) is 0 Å². The van der Waals surface area contributed by atoms with Gasteiger partial charge in [-0.1, -0.05) is 43.6 Å². The van der Waals surface area contributed by atoms with E-state index in [9.17, 15) is 15.0 Å². The predicted octanol–water partition coefficient (Wildman–Crippen LogP) is 4.95. The number of primary amides is 1. The van der Waals surface area contributed by atoms with Gasteiger partial charge in [0.2, 0.25) is 0 Å². The molecule has 4 N–H and O–H groups in total. The Labute approximate surface area is 156 Å². The summed E-state index contributed by atoms with van der Waals surface area (Å²) in [5.41, 5.74) is 8.95. The van der Waals surface area contributed by atoms with Gasteiger partial charge in [-0.25, -0.2) is 0 Å². The molecule has 0 aromatic heterocycles. The standard InChI is InChI=1S/C22H31NO3/c1-5-6-7-8-15-12-18(24)20(21(25)19(15)22(23)26)17-11-14(4)9-10-16(17)13(2)3/h11-12,16-17,24-25H,2,5-10H2,1,3-4H3,(H2,23,26)/t16-,17+/m0/s1. The van der Waals surface area contributed by atoms with Crippen LogP contribution >= 0.6 is 0 Å². The van der Waals surface area contributed by atoms with Gasteiger partial charge >= 0.3 is 0 Å². The number of carbonyl (C=O) groups excluding carboxylic acids is 1. The first-order valence-corrected chi connectivity index (χ1v) is 9.48. The zero-order valence-electron chi connectivity index (χ0n) is 16.1. The smallest absolute Gasteiger partial charge is 0.252 e. The maximum Gasteiger partial charge on any atom is 0.252 e. The number of benzene rings is 1. The molecule has 1 aliphatic carbocycles. The van der Waals surface area contributed by atoms with Gasteiger partial charge in [0, 0.05) is 11.5 Å². The number of unbranched alkanes of at least 4 members (excludes halogenated alkanes) is 2. The van der Waals surface area contributed by atoms with Crippen LogP contribution in [-0.4, -0.2) is 16.1 Å². The Morgan fingerprint density at radius 2 is 2.04 bits per heavy atom. The van der Waals surface area contributed by atoms with Gasteiger partial charge in [0.1, 0.15) is 11.5 Å². The minimum Gasteiger partial charge on any atom is -0.507 e. The first kappa shape index (κ1) is 20.1. The molecule has 0 heterocycles. The van der Waals surface area contributed by atoms with Gasteiger partial charge in [-0.3, -0.25) is 4.79 Å². The fraction of sp³-hybridized carbons (Fsp3) is 0.500. The Kier molecular flexibility index (Phi) is 6.52. The van der Waals surface area contributed by atoms with Gasteiger partial charge in [0.05, 0.1) is 5.56 Å². The first-order chi connectivity index (χ1) is 12.3. The molecule has 0 saturated carbocycles. The summed E-state index contributed by atoms with van der Waals surface area (Å²) in [6.07, 6.45) is 7.50. The Morgan fingerprint density at radius 1 is 1.35 bits per heavy atom. The second-order valence-electron chi connectivity index (χ2n) is 7.54. The van der Waals surface area contributed by atoms with Crippen molar-refractivity contribution < 1.29 is 15.0 Å². The van der Waals surface area contributed by atoms with Gasteiger partial charge in [0.25, 0.3) is 5.91 Å². The van der Waals surface area contributed by atoms with E-state index < -0.39 is 5.91 Å². The number of carbonyl (C=O) groups is 1. The number of allylic oxidation sites excluding steroid dienone is 3. The summed E-state index contributed by atoms with van der Waals surface area (Å²) < 4.78 is 0. The molecule has 0 fully saturated rings. The van der Waals surface area contributed by atoms with Crippen LogP contribution in [0.15, 0.2) is 29.9 Å². The van der Waals surface area contributed by atoms with E-state index in [1.807, 2.05) is 13.8 Å². The molecule has 0 aliphatic heterocycles. The van der Waals surface area contributed by atoms with Crippen LogP contribution in [0.4, 0.5) is 0 Å². The largest absolute Gasteiger partial charge is 0.507 e. The number of rotatable bonds is 7. The van der Waals surface area contributed by atoms with Crippen LogP contribution in [0.1, 0.15) is 80.3 Å². The third kappa shape index (κ3) is 4.12. The minimum absolute atomic E-state index is 0.0289. The average Bonchev–Trinajstić information content (AvgIpc) is 2.54. The summed E-state index contributed by atoms with van der Waals surface area (Å²) in [5.74, 6) is -0.891. The van der Waals surface area contributed by atoms with E-state index in [-0.39, 0.29) is 28.9 Å². The lowest BCUT2D eigenvalue weighted by Gasteiger charge is -2.32. The number of phenolic OH excluding ortho intramolecular Hbond substituents is 1. The van der Waals surface area contributed by atoms with Crippen molar-refractivity contribution in [3.63, 3.8) is 0 Å². The van der Waals surface area contributed by atoms with Crippen LogP contribution < -0.4 is 5.73 Å². The lowest BCUT2D eigenvalue weighted by Crippen LogP contribution is -2.20. The van der Waals surface area contributed by atoms with E-state index in [0.29, 0.717) is 17.5 Å². The van der Waals surface area contributed by atoms with Crippen molar-refractivity contribution in [2.75, 3.05) is 0 Å². The van der Waals surface area contributed by atoms with Crippen LogP contribution in [-0.2, 0) is 6.42 Å². The number of hydrogen-bond donors (Lipinski definition) is 3. The maximum atomic E-state index is 12.0. The molecule has 2 rings (SSSR count). The SMILES string of the molecule is C=C(C)[C@@H]1CCC(C)=C[C@H]1c1c(O)cc(CCCCC)c(C(N)=O)c1O. The number of aromatic hydroxyl groups is 2. The van der Waals surface area contributed by atoms with Crippen LogP contribution in [0.5, 0.6) is 11.5 Å². The molecule has 0 bridgehead atoms. The van der Waals surface area contributed by atoms with Crippen LogP contribution in [0, 0.1) is 5.92 Å². The summed E-state index contributed by atoms with van der Waals surface area (Å²) in [6.45, 7) is 10.2. The lowest BCUT2D eigenvalue weighted by molar-refractivity contribution is 0.0996. The summed E-state index contributed by atoms with van der Waals surface area (Å²) in [4.78, 5) is 12.0. The zero-order chi connectivity index (χ0) is 19.4. The Morgan fingerprint density at radius 3 is 2.62 bits per heavy atom. The first-order valence-electron chi connectivity index (χ1n) is 9.48. The summed E-state index contributed by atoms with van der Waals surface area (Å²) >= 11 is 0. The van der Waals surface area contributed by atoms with Gasteiger partial charge in [-0.2, -0.15) is 0 Å². The van der Waals surface area contributed by atoms with E-state index in [1.165, 1.54) is 5.57 Å². The van der Waals surface area contributed by atoms with Crippen molar-refractivity contribution in [2.24, 2.45) is 11.7 Å². The van der Waals surface area contributed by atoms with Gasteiger partial charge in [0.15, 0.2) is 0 Å². The third-order valence-corrected chi connectivity index (χ3v) is 5.41. The van der Waals surface area contributed by atoms with Gasteiger partial charge in [-0.05, 0) is 57.1 Å². The number of amides is 1. The van der Waals surface area contributed by atoms with Gasteiger partial charge in [-0.15, -0.1) is 0 Å². The molecule has 1 amide bonds. The number of hydrogen-bond acceptors (Lipinski definition) is 3. The molecule has 0 saturated heterocycles. The molecule has 0 unspecified atom stereocenters. The average molecular weight is 357 g/mol. The molecule has 1 aliphatic rings. The highest BCUT2D eigenvalue weighted by Crippen LogP contribution is 2.48. The summed E-state index contributed by atoms with van der Waals surface area (Å²) in [6, 6.07) is 1.61.